The second kappa shape index (κ2) is 6.95. The van der Waals surface area contributed by atoms with Gasteiger partial charge in [0.25, 0.3) is 0 Å². The first-order valence-electron chi connectivity index (χ1n) is 8.39. The summed E-state index contributed by atoms with van der Waals surface area (Å²) in [5, 5.41) is 9.75. The second-order valence-electron chi connectivity index (χ2n) is 6.37. The first-order chi connectivity index (χ1) is 11.5. The average Bonchev–Trinajstić information content (AvgIpc) is 3.19. The summed E-state index contributed by atoms with van der Waals surface area (Å²) in [7, 11) is 0. The maximum Gasteiger partial charge on any atom is 0.247 e. The van der Waals surface area contributed by atoms with Gasteiger partial charge in [0.1, 0.15) is 11.8 Å². The minimum absolute atomic E-state index is 0.149. The van der Waals surface area contributed by atoms with Crippen molar-refractivity contribution in [3.63, 3.8) is 0 Å². The molecule has 0 aliphatic carbocycles. The highest BCUT2D eigenvalue weighted by molar-refractivity contribution is 5.95. The fraction of sp³-hybridized carbons (Fsp3) is 0.444. The number of aromatic nitrogens is 1. The Balaban J connectivity index is 1.62. The zero-order valence-corrected chi connectivity index (χ0v) is 14.4. The number of nitrogens with zero attached hydrogens (tertiary/aromatic N) is 2. The van der Waals surface area contributed by atoms with Crippen LogP contribution in [0.15, 0.2) is 28.8 Å². The Labute approximate surface area is 142 Å². The van der Waals surface area contributed by atoms with E-state index in [-0.39, 0.29) is 11.9 Å². The van der Waals surface area contributed by atoms with E-state index in [1.807, 2.05) is 13.0 Å². The van der Waals surface area contributed by atoms with Crippen LogP contribution in [0, 0.1) is 13.8 Å². The largest absolute Gasteiger partial charge is 0.374 e. The van der Waals surface area contributed by atoms with Gasteiger partial charge in [0, 0.05) is 30.5 Å². The molecule has 2 aromatic rings. The number of carbonyl (C=O) groups excluding carboxylic acids is 1. The van der Waals surface area contributed by atoms with Crippen LogP contribution in [0.5, 0.6) is 0 Å². The summed E-state index contributed by atoms with van der Waals surface area (Å²) in [6.45, 7) is 7.98. The first kappa shape index (κ1) is 16.4. The van der Waals surface area contributed by atoms with Gasteiger partial charge in [-0.2, -0.15) is 0 Å². The number of hydrogen-bond donors (Lipinski definition) is 2. The molecule has 1 aromatic heterocycles. The van der Waals surface area contributed by atoms with E-state index in [1.54, 1.807) is 13.0 Å². The lowest BCUT2D eigenvalue weighted by molar-refractivity contribution is -0.116. The second-order valence-corrected chi connectivity index (χ2v) is 6.37. The lowest BCUT2D eigenvalue weighted by Crippen LogP contribution is -2.32. The molecule has 3 rings (SSSR count). The molecule has 1 saturated heterocycles. The number of amides is 1. The van der Waals surface area contributed by atoms with E-state index in [0.29, 0.717) is 11.6 Å². The highest BCUT2D eigenvalue weighted by atomic mass is 16.5. The van der Waals surface area contributed by atoms with E-state index < -0.39 is 0 Å². The molecular formula is C18H24N4O2. The van der Waals surface area contributed by atoms with E-state index in [2.05, 4.69) is 39.7 Å². The van der Waals surface area contributed by atoms with Crippen molar-refractivity contribution < 1.29 is 9.32 Å². The molecular weight excluding hydrogens is 304 g/mol. The molecule has 1 aliphatic heterocycles. The summed E-state index contributed by atoms with van der Waals surface area (Å²) < 4.78 is 4.95. The van der Waals surface area contributed by atoms with Crippen LogP contribution in [-0.2, 0) is 4.79 Å². The number of anilines is 3. The Bertz CT molecular complexity index is 720. The molecule has 1 unspecified atom stereocenters. The van der Waals surface area contributed by atoms with Gasteiger partial charge in [0.2, 0.25) is 5.91 Å². The van der Waals surface area contributed by atoms with Crippen molar-refractivity contribution >= 4 is 23.1 Å². The summed E-state index contributed by atoms with van der Waals surface area (Å²) in [6.07, 6.45) is 2.52. The predicted molar refractivity (Wildman–Crippen MR) is 95.6 cm³/mol. The fourth-order valence-corrected chi connectivity index (χ4v) is 3.03. The normalized spacial score (nSPS) is 15.4. The van der Waals surface area contributed by atoms with Crippen LogP contribution >= 0.6 is 0 Å². The first-order valence-corrected chi connectivity index (χ1v) is 8.39. The Morgan fingerprint density at radius 2 is 2.00 bits per heavy atom. The fourth-order valence-electron chi connectivity index (χ4n) is 3.03. The monoisotopic (exact) mass is 328 g/mol. The van der Waals surface area contributed by atoms with Crippen molar-refractivity contribution in [1.82, 2.24) is 5.16 Å². The Kier molecular flexibility index (Phi) is 4.74. The molecule has 1 amide bonds. The lowest BCUT2D eigenvalue weighted by atomic mass is 10.1. The molecule has 6 nitrogen and oxygen atoms in total. The molecule has 2 heterocycles. The van der Waals surface area contributed by atoms with Crippen LogP contribution in [0.2, 0.25) is 0 Å². The summed E-state index contributed by atoms with van der Waals surface area (Å²) >= 11 is 0. The minimum atomic E-state index is -0.376. The molecule has 6 heteroatoms. The van der Waals surface area contributed by atoms with Crippen LogP contribution in [0.1, 0.15) is 31.1 Å². The van der Waals surface area contributed by atoms with Crippen LogP contribution in [-0.4, -0.2) is 30.2 Å². The number of rotatable bonds is 5. The van der Waals surface area contributed by atoms with E-state index >= 15 is 0 Å². The predicted octanol–water partition coefficient (Wildman–Crippen LogP) is 3.33. The van der Waals surface area contributed by atoms with Crippen LogP contribution < -0.4 is 15.5 Å². The summed E-state index contributed by atoms with van der Waals surface area (Å²) in [6, 6.07) is 7.58. The van der Waals surface area contributed by atoms with Crippen molar-refractivity contribution in [1.29, 1.82) is 0 Å². The SMILES string of the molecule is Cc1cc(NC(=O)C(C)Nc2ccc(N3CCCC3)c(C)c2)no1. The van der Waals surface area contributed by atoms with Crippen molar-refractivity contribution in [3.05, 3.63) is 35.6 Å². The van der Waals surface area contributed by atoms with E-state index in [4.69, 9.17) is 4.52 Å². The average molecular weight is 328 g/mol. The molecule has 1 atom stereocenters. The Morgan fingerprint density at radius 1 is 1.25 bits per heavy atom. The van der Waals surface area contributed by atoms with Gasteiger partial charge in [0.15, 0.2) is 5.82 Å². The van der Waals surface area contributed by atoms with Gasteiger partial charge in [-0.05, 0) is 57.4 Å². The van der Waals surface area contributed by atoms with E-state index in [0.717, 1.165) is 18.8 Å². The van der Waals surface area contributed by atoms with Crippen LogP contribution in [0.3, 0.4) is 0 Å². The molecule has 0 bridgehead atoms. The van der Waals surface area contributed by atoms with Crippen molar-refractivity contribution in [3.8, 4) is 0 Å². The molecule has 128 valence electrons. The van der Waals surface area contributed by atoms with Gasteiger partial charge in [-0.15, -0.1) is 0 Å². The zero-order chi connectivity index (χ0) is 17.1. The molecule has 1 aromatic carbocycles. The van der Waals surface area contributed by atoms with Gasteiger partial charge < -0.3 is 20.1 Å². The van der Waals surface area contributed by atoms with Crippen molar-refractivity contribution in [2.45, 2.75) is 39.7 Å². The molecule has 2 N–H and O–H groups in total. The molecule has 0 spiro atoms. The number of hydrogen-bond acceptors (Lipinski definition) is 5. The summed E-state index contributed by atoms with van der Waals surface area (Å²) in [4.78, 5) is 14.6. The lowest BCUT2D eigenvalue weighted by Gasteiger charge is -2.21. The van der Waals surface area contributed by atoms with Crippen LogP contribution in [0.25, 0.3) is 0 Å². The third-order valence-corrected chi connectivity index (χ3v) is 4.30. The summed E-state index contributed by atoms with van der Waals surface area (Å²) in [5.74, 6) is 0.954. The molecule has 24 heavy (non-hydrogen) atoms. The standard InChI is InChI=1S/C18H24N4O2/c1-12-10-15(6-7-16(12)22-8-4-5-9-22)19-14(3)18(23)20-17-11-13(2)24-21-17/h6-7,10-11,14,19H,4-5,8-9H2,1-3H3,(H,20,21,23). The van der Waals surface area contributed by atoms with E-state index in [1.165, 1.54) is 24.1 Å². The van der Waals surface area contributed by atoms with E-state index in [9.17, 15) is 4.79 Å². The molecule has 1 aliphatic rings. The Hall–Kier alpha value is -2.50. The van der Waals surface area contributed by atoms with Crippen LogP contribution in [0.4, 0.5) is 17.2 Å². The highest BCUT2D eigenvalue weighted by Gasteiger charge is 2.17. The smallest absolute Gasteiger partial charge is 0.247 e. The maximum absolute atomic E-state index is 12.2. The quantitative estimate of drug-likeness (QED) is 0.881. The highest BCUT2D eigenvalue weighted by Crippen LogP contribution is 2.27. The third-order valence-electron chi connectivity index (χ3n) is 4.30. The van der Waals surface area contributed by atoms with Gasteiger partial charge in [-0.1, -0.05) is 5.16 Å². The van der Waals surface area contributed by atoms with Gasteiger partial charge >= 0.3 is 0 Å². The number of nitrogens with one attached hydrogen (secondary N) is 2. The zero-order valence-electron chi connectivity index (χ0n) is 14.4. The van der Waals surface area contributed by atoms with Crippen molar-refractivity contribution in [2.75, 3.05) is 28.6 Å². The number of aryl methyl sites for hydroxylation is 2. The number of benzene rings is 1. The van der Waals surface area contributed by atoms with Crippen molar-refractivity contribution in [2.24, 2.45) is 0 Å². The van der Waals surface area contributed by atoms with Gasteiger partial charge in [-0.25, -0.2) is 0 Å². The number of carbonyl (C=O) groups is 1. The molecule has 1 fully saturated rings. The minimum Gasteiger partial charge on any atom is -0.374 e. The third kappa shape index (κ3) is 3.69. The maximum atomic E-state index is 12.2. The topological polar surface area (TPSA) is 70.4 Å². The summed E-state index contributed by atoms with van der Waals surface area (Å²) in [5.41, 5.74) is 3.45. The molecule has 0 saturated carbocycles. The Morgan fingerprint density at radius 3 is 2.62 bits per heavy atom. The van der Waals surface area contributed by atoms with Gasteiger partial charge in [0.05, 0.1) is 0 Å². The van der Waals surface area contributed by atoms with Gasteiger partial charge in [-0.3, -0.25) is 4.79 Å². The molecule has 0 radical (unpaired) electrons.